The molecule has 0 spiro atoms. The minimum Gasteiger partial charge on any atom is -0.330 e. The topological polar surface area (TPSA) is 64.1 Å². The molecule has 0 saturated heterocycles. The molecule has 0 aromatic heterocycles. The number of hydrogen-bond acceptors (Lipinski definition) is 3. The molecule has 0 amide bonds. The van der Waals surface area contributed by atoms with E-state index in [4.69, 9.17) is 11.5 Å². The molecule has 5 N–H and O–H groups in total. The summed E-state index contributed by atoms with van der Waals surface area (Å²) in [6, 6.07) is 0. The van der Waals surface area contributed by atoms with Crippen molar-refractivity contribution in [2.24, 2.45) is 11.5 Å². The van der Waals surface area contributed by atoms with Gasteiger partial charge in [-0.05, 0) is 51.6 Å². The summed E-state index contributed by atoms with van der Waals surface area (Å²) in [6.45, 7) is 3.72. The number of unbranched alkanes of at least 4 members (excludes halogenated alkanes) is 18. The zero-order chi connectivity index (χ0) is 21.1. The van der Waals surface area contributed by atoms with E-state index < -0.39 is 0 Å². The lowest BCUT2D eigenvalue weighted by Gasteiger charge is -2.03. The van der Waals surface area contributed by atoms with E-state index in [9.17, 15) is 0 Å². The van der Waals surface area contributed by atoms with Crippen LogP contribution in [0.25, 0.3) is 0 Å². The van der Waals surface area contributed by atoms with Gasteiger partial charge >= 0.3 is 0 Å². The van der Waals surface area contributed by atoms with E-state index in [-0.39, 0.29) is 0 Å². The normalized spacial score (nSPS) is 11.7. The first-order chi connectivity index (χ1) is 14.4. The van der Waals surface area contributed by atoms with Gasteiger partial charge in [0.1, 0.15) is 0 Å². The maximum absolute atomic E-state index is 5.52. The fraction of sp³-hybridized carbons (Fsp3) is 0.923. The van der Waals surface area contributed by atoms with Gasteiger partial charge in [-0.1, -0.05) is 102 Å². The minimum absolute atomic E-state index is 0.756. The van der Waals surface area contributed by atoms with Gasteiger partial charge in [-0.15, -0.1) is 0 Å². The van der Waals surface area contributed by atoms with Crippen LogP contribution >= 0.6 is 0 Å². The van der Waals surface area contributed by atoms with Crippen LogP contribution in [0.1, 0.15) is 128 Å². The lowest BCUT2D eigenvalue weighted by atomic mass is 10.1. The standard InChI is InChI=1S/C26H55N3/c27-23-21-19-17-15-13-11-9-7-5-3-1-2-4-6-8-10-12-14-16-18-20-22-25-29-26-24-28/h2,4,29H,1,3,5-28H2. The molecule has 0 bridgehead atoms. The quantitative estimate of drug-likeness (QED) is 0.114. The molecule has 0 unspecified atom stereocenters. The molecular weight excluding hydrogens is 354 g/mol. The Morgan fingerprint density at radius 1 is 0.379 bits per heavy atom. The Bertz CT molecular complexity index is 304. The van der Waals surface area contributed by atoms with Crippen molar-refractivity contribution in [2.75, 3.05) is 26.2 Å². The molecule has 0 atom stereocenters. The predicted molar refractivity (Wildman–Crippen MR) is 132 cm³/mol. The van der Waals surface area contributed by atoms with E-state index in [1.165, 1.54) is 128 Å². The Morgan fingerprint density at radius 2 is 0.759 bits per heavy atom. The molecule has 0 saturated carbocycles. The monoisotopic (exact) mass is 409 g/mol. The van der Waals surface area contributed by atoms with Crippen molar-refractivity contribution in [3.63, 3.8) is 0 Å². The molecule has 0 aliphatic heterocycles. The molecule has 0 rings (SSSR count). The largest absolute Gasteiger partial charge is 0.330 e. The van der Waals surface area contributed by atoms with Crippen LogP contribution in [0.4, 0.5) is 0 Å². The first kappa shape index (κ1) is 28.6. The number of hydrogen-bond donors (Lipinski definition) is 3. The highest BCUT2D eigenvalue weighted by atomic mass is 14.9. The highest BCUT2D eigenvalue weighted by Crippen LogP contribution is 2.12. The Hall–Kier alpha value is -0.380. The van der Waals surface area contributed by atoms with Gasteiger partial charge in [0.2, 0.25) is 0 Å². The summed E-state index contributed by atoms with van der Waals surface area (Å²) in [4.78, 5) is 0. The Kier molecular flexibility index (Phi) is 27.3. The molecule has 0 aliphatic carbocycles. The van der Waals surface area contributed by atoms with Crippen molar-refractivity contribution in [3.05, 3.63) is 12.2 Å². The molecular formula is C26H55N3. The summed E-state index contributed by atoms with van der Waals surface area (Å²) >= 11 is 0. The van der Waals surface area contributed by atoms with Gasteiger partial charge in [-0.25, -0.2) is 0 Å². The molecule has 0 radical (unpaired) electrons. The average molecular weight is 410 g/mol. The molecule has 3 heteroatoms. The van der Waals surface area contributed by atoms with E-state index in [0.717, 1.165) is 26.2 Å². The molecule has 0 aromatic rings. The summed E-state index contributed by atoms with van der Waals surface area (Å²) in [5.41, 5.74) is 11.0. The van der Waals surface area contributed by atoms with Gasteiger partial charge in [0.05, 0.1) is 0 Å². The first-order valence-electron chi connectivity index (χ1n) is 13.2. The third-order valence-corrected chi connectivity index (χ3v) is 5.79. The second-order valence-electron chi connectivity index (χ2n) is 8.74. The third kappa shape index (κ3) is 27.6. The second kappa shape index (κ2) is 27.6. The summed E-state index contributed by atoms with van der Waals surface area (Å²) < 4.78 is 0. The summed E-state index contributed by atoms with van der Waals surface area (Å²) in [6.07, 6.45) is 32.4. The van der Waals surface area contributed by atoms with Crippen LogP contribution in [0.3, 0.4) is 0 Å². The van der Waals surface area contributed by atoms with Crippen molar-refractivity contribution >= 4 is 0 Å². The van der Waals surface area contributed by atoms with Crippen LogP contribution in [-0.4, -0.2) is 26.2 Å². The predicted octanol–water partition coefficient (Wildman–Crippen LogP) is 6.85. The molecule has 0 fully saturated rings. The van der Waals surface area contributed by atoms with Crippen molar-refractivity contribution in [2.45, 2.75) is 128 Å². The Balaban J connectivity index is 3.05. The third-order valence-electron chi connectivity index (χ3n) is 5.79. The summed E-state index contributed by atoms with van der Waals surface area (Å²) in [5, 5.41) is 3.36. The van der Waals surface area contributed by atoms with Crippen LogP contribution in [0.5, 0.6) is 0 Å². The van der Waals surface area contributed by atoms with Crippen molar-refractivity contribution in [1.82, 2.24) is 5.32 Å². The number of allylic oxidation sites excluding steroid dienone is 2. The maximum atomic E-state index is 5.52. The van der Waals surface area contributed by atoms with E-state index in [1.54, 1.807) is 0 Å². The van der Waals surface area contributed by atoms with Crippen molar-refractivity contribution in [1.29, 1.82) is 0 Å². The van der Waals surface area contributed by atoms with Crippen LogP contribution in [0, 0.1) is 0 Å². The molecule has 0 aliphatic rings. The SMILES string of the molecule is NCCCCCCCCCCCCC=CCCCCCCCCCCNCCN. The number of rotatable bonds is 25. The van der Waals surface area contributed by atoms with E-state index in [1.807, 2.05) is 0 Å². The zero-order valence-electron chi connectivity index (χ0n) is 19.8. The highest BCUT2D eigenvalue weighted by molar-refractivity contribution is 4.81. The second-order valence-corrected chi connectivity index (χ2v) is 8.74. The van der Waals surface area contributed by atoms with Gasteiger partial charge in [0.25, 0.3) is 0 Å². The Morgan fingerprint density at radius 3 is 1.17 bits per heavy atom. The van der Waals surface area contributed by atoms with Crippen LogP contribution < -0.4 is 16.8 Å². The molecule has 0 heterocycles. The maximum Gasteiger partial charge on any atom is 0.00745 e. The fourth-order valence-corrected chi connectivity index (χ4v) is 3.86. The van der Waals surface area contributed by atoms with E-state index in [0.29, 0.717) is 0 Å². The fourth-order valence-electron chi connectivity index (χ4n) is 3.86. The van der Waals surface area contributed by atoms with Crippen LogP contribution in [0.15, 0.2) is 12.2 Å². The summed E-state index contributed by atoms with van der Waals surface area (Å²) in [5.74, 6) is 0. The Labute approximate surface area is 183 Å². The average Bonchev–Trinajstić information content (AvgIpc) is 2.74. The first-order valence-corrected chi connectivity index (χ1v) is 13.2. The van der Waals surface area contributed by atoms with Gasteiger partial charge in [-0.2, -0.15) is 0 Å². The van der Waals surface area contributed by atoms with Crippen molar-refractivity contribution < 1.29 is 0 Å². The lowest BCUT2D eigenvalue weighted by Crippen LogP contribution is -2.23. The van der Waals surface area contributed by atoms with Gasteiger partial charge < -0.3 is 16.8 Å². The van der Waals surface area contributed by atoms with Crippen LogP contribution in [0.2, 0.25) is 0 Å². The molecule has 3 nitrogen and oxygen atoms in total. The summed E-state index contributed by atoms with van der Waals surface area (Å²) in [7, 11) is 0. The highest BCUT2D eigenvalue weighted by Gasteiger charge is 1.94. The molecule has 174 valence electrons. The zero-order valence-corrected chi connectivity index (χ0v) is 19.8. The van der Waals surface area contributed by atoms with E-state index in [2.05, 4.69) is 17.5 Å². The van der Waals surface area contributed by atoms with Gasteiger partial charge in [0, 0.05) is 13.1 Å². The van der Waals surface area contributed by atoms with Gasteiger partial charge in [-0.3, -0.25) is 0 Å². The lowest BCUT2D eigenvalue weighted by molar-refractivity contribution is 0.552. The van der Waals surface area contributed by atoms with E-state index >= 15 is 0 Å². The number of nitrogens with two attached hydrogens (primary N) is 2. The van der Waals surface area contributed by atoms with Crippen LogP contribution in [-0.2, 0) is 0 Å². The smallest absolute Gasteiger partial charge is 0.00745 e. The van der Waals surface area contributed by atoms with Gasteiger partial charge in [0.15, 0.2) is 0 Å². The molecule has 29 heavy (non-hydrogen) atoms. The molecule has 0 aromatic carbocycles. The van der Waals surface area contributed by atoms with Crippen molar-refractivity contribution in [3.8, 4) is 0 Å². The number of nitrogens with one attached hydrogen (secondary N) is 1. The minimum atomic E-state index is 0.756.